The molecule has 2 N–H and O–H groups in total. The number of hydrogen-bond donors (Lipinski definition) is 2. The second-order valence-electron chi connectivity index (χ2n) is 5.09. The summed E-state index contributed by atoms with van der Waals surface area (Å²) in [5.41, 5.74) is 1.79. The van der Waals surface area contributed by atoms with Crippen molar-refractivity contribution in [1.82, 2.24) is 0 Å². The Hall–Kier alpha value is -2.01. The number of methoxy groups -OCH3 is 2. The minimum Gasteiger partial charge on any atom is -0.493 e. The van der Waals surface area contributed by atoms with E-state index in [1.165, 1.54) is 0 Å². The van der Waals surface area contributed by atoms with Crippen molar-refractivity contribution in [2.24, 2.45) is 0 Å². The van der Waals surface area contributed by atoms with E-state index in [9.17, 15) is 9.90 Å². The molecule has 21 heavy (non-hydrogen) atoms. The SMILES string of the molecule is COc1ccc([C@@H](O)/C(C)=C/C(=O)O)c(C(C)C)c1OC. The summed E-state index contributed by atoms with van der Waals surface area (Å²) in [6.07, 6.45) is 0.00387. The van der Waals surface area contributed by atoms with Crippen LogP contribution >= 0.6 is 0 Å². The highest BCUT2D eigenvalue weighted by Crippen LogP contribution is 2.41. The van der Waals surface area contributed by atoms with E-state index < -0.39 is 12.1 Å². The third kappa shape index (κ3) is 3.76. The van der Waals surface area contributed by atoms with Gasteiger partial charge in [-0.15, -0.1) is 0 Å². The molecular weight excluding hydrogens is 272 g/mol. The summed E-state index contributed by atoms with van der Waals surface area (Å²) in [4.78, 5) is 10.8. The molecule has 0 aromatic heterocycles. The molecule has 0 saturated carbocycles. The molecule has 0 heterocycles. The second kappa shape index (κ2) is 7.13. The van der Waals surface area contributed by atoms with Gasteiger partial charge in [-0.2, -0.15) is 0 Å². The molecule has 1 atom stereocenters. The zero-order valence-corrected chi connectivity index (χ0v) is 13.0. The fraction of sp³-hybridized carbons (Fsp3) is 0.438. The zero-order valence-electron chi connectivity index (χ0n) is 13.0. The van der Waals surface area contributed by atoms with Crippen LogP contribution in [-0.2, 0) is 4.79 Å². The topological polar surface area (TPSA) is 76.0 Å². The molecular formula is C16H22O5. The highest BCUT2D eigenvalue weighted by Gasteiger charge is 2.23. The van der Waals surface area contributed by atoms with Crippen LogP contribution in [-0.4, -0.2) is 30.4 Å². The van der Waals surface area contributed by atoms with E-state index in [2.05, 4.69) is 0 Å². The number of carboxylic acids is 1. The van der Waals surface area contributed by atoms with E-state index in [1.54, 1.807) is 33.3 Å². The number of ether oxygens (including phenoxy) is 2. The van der Waals surface area contributed by atoms with E-state index in [-0.39, 0.29) is 5.92 Å². The van der Waals surface area contributed by atoms with Gasteiger partial charge in [0.1, 0.15) is 6.10 Å². The van der Waals surface area contributed by atoms with E-state index in [1.807, 2.05) is 13.8 Å². The van der Waals surface area contributed by atoms with Crippen molar-refractivity contribution >= 4 is 5.97 Å². The molecule has 0 amide bonds. The van der Waals surface area contributed by atoms with Crippen molar-refractivity contribution in [1.29, 1.82) is 0 Å². The van der Waals surface area contributed by atoms with Gasteiger partial charge < -0.3 is 19.7 Å². The molecule has 0 fully saturated rings. The van der Waals surface area contributed by atoms with Crippen LogP contribution in [0.5, 0.6) is 11.5 Å². The Morgan fingerprint density at radius 2 is 1.86 bits per heavy atom. The molecule has 5 nitrogen and oxygen atoms in total. The molecule has 0 aliphatic rings. The molecule has 0 radical (unpaired) electrons. The van der Waals surface area contributed by atoms with Gasteiger partial charge in [-0.1, -0.05) is 19.9 Å². The van der Waals surface area contributed by atoms with Crippen LogP contribution in [0.4, 0.5) is 0 Å². The number of aliphatic hydroxyl groups excluding tert-OH is 1. The predicted octanol–water partition coefficient (Wildman–Crippen LogP) is 2.89. The van der Waals surface area contributed by atoms with Gasteiger partial charge in [-0.05, 0) is 30.0 Å². The van der Waals surface area contributed by atoms with Gasteiger partial charge in [0.2, 0.25) is 0 Å². The monoisotopic (exact) mass is 294 g/mol. The van der Waals surface area contributed by atoms with E-state index in [0.717, 1.165) is 11.6 Å². The number of aliphatic hydroxyl groups is 1. The van der Waals surface area contributed by atoms with Gasteiger partial charge in [0, 0.05) is 11.6 Å². The second-order valence-corrected chi connectivity index (χ2v) is 5.09. The summed E-state index contributed by atoms with van der Waals surface area (Å²) in [5.74, 6) is 0.139. The molecule has 1 rings (SSSR count). The van der Waals surface area contributed by atoms with E-state index >= 15 is 0 Å². The van der Waals surface area contributed by atoms with Crippen molar-refractivity contribution in [3.8, 4) is 11.5 Å². The highest BCUT2D eigenvalue weighted by molar-refractivity contribution is 5.80. The quantitative estimate of drug-likeness (QED) is 0.789. The number of hydrogen-bond acceptors (Lipinski definition) is 4. The standard InChI is InChI=1S/C16H22O5/c1-9(2)14-11(15(19)10(3)8-13(17)18)6-7-12(20-4)16(14)21-5/h6-9,15,19H,1-5H3,(H,17,18)/b10-8+/t15-/m0/s1. The van der Waals surface area contributed by atoms with Crippen molar-refractivity contribution in [2.75, 3.05) is 14.2 Å². The molecule has 5 heteroatoms. The Kier molecular flexibility index (Phi) is 5.79. The predicted molar refractivity (Wildman–Crippen MR) is 80.0 cm³/mol. The van der Waals surface area contributed by atoms with Gasteiger partial charge in [-0.25, -0.2) is 4.79 Å². The number of carboxylic acid groups (broad SMARTS) is 1. The fourth-order valence-electron chi connectivity index (χ4n) is 2.32. The van der Waals surface area contributed by atoms with Crippen LogP contribution in [0.3, 0.4) is 0 Å². The third-order valence-electron chi connectivity index (χ3n) is 3.27. The first kappa shape index (κ1) is 17.0. The van der Waals surface area contributed by atoms with E-state index in [0.29, 0.717) is 22.6 Å². The van der Waals surface area contributed by atoms with Gasteiger partial charge in [0.05, 0.1) is 14.2 Å². The summed E-state index contributed by atoms with van der Waals surface area (Å²) in [5, 5.41) is 19.2. The molecule has 0 unspecified atom stereocenters. The van der Waals surface area contributed by atoms with Crippen LogP contribution in [0.25, 0.3) is 0 Å². The summed E-state index contributed by atoms with van der Waals surface area (Å²) in [6.45, 7) is 5.53. The number of aliphatic carboxylic acids is 1. The number of benzene rings is 1. The average molecular weight is 294 g/mol. The maximum absolute atomic E-state index is 10.8. The van der Waals surface area contributed by atoms with Gasteiger partial charge >= 0.3 is 5.97 Å². The maximum Gasteiger partial charge on any atom is 0.328 e. The summed E-state index contributed by atoms with van der Waals surface area (Å²) in [7, 11) is 3.09. The molecule has 0 spiro atoms. The minimum atomic E-state index is -1.09. The zero-order chi connectivity index (χ0) is 16.2. The minimum absolute atomic E-state index is 0.0809. The normalized spacial score (nSPS) is 13.2. The Labute approximate surface area is 124 Å². The van der Waals surface area contributed by atoms with E-state index in [4.69, 9.17) is 14.6 Å². The molecule has 0 saturated heterocycles. The lowest BCUT2D eigenvalue weighted by atomic mass is 9.90. The molecule has 1 aromatic carbocycles. The summed E-state index contributed by atoms with van der Waals surface area (Å²) in [6, 6.07) is 3.44. The Morgan fingerprint density at radius 1 is 1.24 bits per heavy atom. The van der Waals surface area contributed by atoms with Crippen molar-refractivity contribution in [3.63, 3.8) is 0 Å². The summed E-state index contributed by atoms with van der Waals surface area (Å²) < 4.78 is 10.7. The first-order chi connectivity index (χ1) is 9.83. The molecule has 0 aliphatic heterocycles. The van der Waals surface area contributed by atoms with Crippen molar-refractivity contribution in [3.05, 3.63) is 34.9 Å². The van der Waals surface area contributed by atoms with Crippen LogP contribution in [0.1, 0.15) is 43.9 Å². The Balaban J connectivity index is 3.46. The average Bonchev–Trinajstić information content (AvgIpc) is 2.43. The van der Waals surface area contributed by atoms with Crippen LogP contribution < -0.4 is 9.47 Å². The van der Waals surface area contributed by atoms with Gasteiger partial charge in [0.15, 0.2) is 11.5 Å². The van der Waals surface area contributed by atoms with Gasteiger partial charge in [-0.3, -0.25) is 0 Å². The number of rotatable bonds is 6. The lowest BCUT2D eigenvalue weighted by Crippen LogP contribution is -2.09. The van der Waals surface area contributed by atoms with Crippen molar-refractivity contribution in [2.45, 2.75) is 32.8 Å². The largest absolute Gasteiger partial charge is 0.493 e. The lowest BCUT2D eigenvalue weighted by molar-refractivity contribution is -0.131. The smallest absolute Gasteiger partial charge is 0.328 e. The first-order valence-electron chi connectivity index (χ1n) is 6.67. The van der Waals surface area contributed by atoms with Gasteiger partial charge in [0.25, 0.3) is 0 Å². The summed E-state index contributed by atoms with van der Waals surface area (Å²) >= 11 is 0. The Bertz CT molecular complexity index is 546. The van der Waals surface area contributed by atoms with Crippen molar-refractivity contribution < 1.29 is 24.5 Å². The highest BCUT2D eigenvalue weighted by atomic mass is 16.5. The number of carbonyl (C=O) groups is 1. The third-order valence-corrected chi connectivity index (χ3v) is 3.27. The molecule has 0 aliphatic carbocycles. The van der Waals surface area contributed by atoms with Crippen LogP contribution in [0.15, 0.2) is 23.8 Å². The molecule has 0 bridgehead atoms. The molecule has 1 aromatic rings. The Morgan fingerprint density at radius 3 is 2.29 bits per heavy atom. The first-order valence-corrected chi connectivity index (χ1v) is 6.67. The van der Waals surface area contributed by atoms with Crippen LogP contribution in [0.2, 0.25) is 0 Å². The lowest BCUT2D eigenvalue weighted by Gasteiger charge is -2.22. The maximum atomic E-state index is 10.8. The molecule has 116 valence electrons. The fourth-order valence-corrected chi connectivity index (χ4v) is 2.32. The van der Waals surface area contributed by atoms with Crippen LogP contribution in [0, 0.1) is 0 Å².